The van der Waals surface area contributed by atoms with Gasteiger partial charge in [0, 0.05) is 17.6 Å². The van der Waals surface area contributed by atoms with Crippen LogP contribution in [0.1, 0.15) is 28.4 Å². The Morgan fingerprint density at radius 1 is 0.969 bits per heavy atom. The van der Waals surface area contributed by atoms with Crippen LogP contribution in [0.4, 0.5) is 19.3 Å². The molecule has 0 bridgehead atoms. The lowest BCUT2D eigenvalue weighted by Crippen LogP contribution is -2.38. The van der Waals surface area contributed by atoms with E-state index in [1.54, 1.807) is 36.1 Å². The third-order valence-electron chi connectivity index (χ3n) is 5.83. The Kier molecular flexibility index (Phi) is 4.98. The van der Waals surface area contributed by atoms with E-state index in [2.05, 4.69) is 9.88 Å². The minimum atomic E-state index is -0.465. The second-order valence-electron chi connectivity index (χ2n) is 7.91. The molecule has 4 aromatic rings. The molecule has 0 spiro atoms. The Balaban J connectivity index is 1.61. The van der Waals surface area contributed by atoms with Gasteiger partial charge in [0.15, 0.2) is 0 Å². The number of nitrogens with one attached hydrogen (secondary N) is 1. The molecule has 1 atom stereocenters. The molecule has 2 heterocycles. The molecule has 2 amide bonds. The number of hydrogen-bond acceptors (Lipinski definition) is 1. The molecule has 1 aliphatic rings. The van der Waals surface area contributed by atoms with Crippen molar-refractivity contribution in [3.8, 4) is 5.69 Å². The van der Waals surface area contributed by atoms with Crippen LogP contribution in [0, 0.1) is 18.6 Å². The molecule has 3 aromatic carbocycles. The number of rotatable bonds is 2. The van der Waals surface area contributed by atoms with Crippen LogP contribution < -0.4 is 5.32 Å². The Hall–Kier alpha value is -3.93. The van der Waals surface area contributed by atoms with Gasteiger partial charge in [-0.2, -0.15) is 0 Å². The maximum Gasteiger partial charge on any atom is 0.322 e. The van der Waals surface area contributed by atoms with E-state index in [0.29, 0.717) is 17.8 Å². The van der Waals surface area contributed by atoms with Gasteiger partial charge in [-0.25, -0.2) is 13.6 Å². The molecule has 6 heteroatoms. The van der Waals surface area contributed by atoms with Crippen molar-refractivity contribution in [3.63, 3.8) is 0 Å². The van der Waals surface area contributed by atoms with E-state index < -0.39 is 6.04 Å². The van der Waals surface area contributed by atoms with Crippen LogP contribution in [0.5, 0.6) is 0 Å². The normalized spacial score (nSPS) is 15.0. The first-order chi connectivity index (χ1) is 15.5. The minimum absolute atomic E-state index is 0.333. The van der Waals surface area contributed by atoms with Gasteiger partial charge in [0.25, 0.3) is 0 Å². The van der Waals surface area contributed by atoms with Gasteiger partial charge in [-0.1, -0.05) is 36.4 Å². The molecule has 1 aliphatic heterocycles. The highest BCUT2D eigenvalue weighted by molar-refractivity contribution is 5.90. The van der Waals surface area contributed by atoms with Crippen molar-refractivity contribution in [2.75, 3.05) is 5.32 Å². The first-order valence-electron chi connectivity index (χ1n) is 10.4. The number of hydrogen-bond donors (Lipinski definition) is 1. The van der Waals surface area contributed by atoms with E-state index in [-0.39, 0.29) is 17.7 Å². The van der Waals surface area contributed by atoms with Crippen molar-refractivity contribution in [2.45, 2.75) is 19.5 Å². The Labute approximate surface area is 184 Å². The summed E-state index contributed by atoms with van der Waals surface area (Å²) in [6.45, 7) is 2.01. The Bertz CT molecular complexity index is 1300. The number of para-hydroxylation sites is 1. The van der Waals surface area contributed by atoms with Crippen LogP contribution >= 0.6 is 0 Å². The third-order valence-corrected chi connectivity index (χ3v) is 5.83. The summed E-state index contributed by atoms with van der Waals surface area (Å²) in [4.78, 5) is 15.2. The van der Waals surface area contributed by atoms with E-state index in [1.165, 1.54) is 18.2 Å². The number of amides is 2. The van der Waals surface area contributed by atoms with Crippen molar-refractivity contribution in [3.05, 3.63) is 119 Å². The van der Waals surface area contributed by atoms with Crippen LogP contribution in [0.15, 0.2) is 85.1 Å². The molecule has 5 rings (SSSR count). The highest BCUT2D eigenvalue weighted by Crippen LogP contribution is 2.37. The summed E-state index contributed by atoms with van der Waals surface area (Å²) >= 11 is 0. The van der Waals surface area contributed by atoms with Crippen molar-refractivity contribution < 1.29 is 13.6 Å². The van der Waals surface area contributed by atoms with Crippen molar-refractivity contribution >= 4 is 11.7 Å². The SMILES string of the molecule is Cc1ccc(NC(=O)N2Cc3ccccc3-n3cccc3[C@@H]2c2ccc(F)cc2)cc1F. The molecule has 0 unspecified atom stereocenters. The van der Waals surface area contributed by atoms with Crippen molar-refractivity contribution in [2.24, 2.45) is 0 Å². The van der Waals surface area contributed by atoms with Gasteiger partial charge in [-0.15, -0.1) is 0 Å². The van der Waals surface area contributed by atoms with Crippen LogP contribution in [0.3, 0.4) is 0 Å². The summed E-state index contributed by atoms with van der Waals surface area (Å²) in [7, 11) is 0. The van der Waals surface area contributed by atoms with Gasteiger partial charge >= 0.3 is 6.03 Å². The summed E-state index contributed by atoms with van der Waals surface area (Å²) in [5.74, 6) is -0.722. The third kappa shape index (κ3) is 3.54. The molecule has 0 saturated heterocycles. The maximum atomic E-state index is 14.1. The van der Waals surface area contributed by atoms with E-state index in [4.69, 9.17) is 0 Å². The molecule has 0 fully saturated rings. The molecule has 160 valence electrons. The standard InChI is InChI=1S/C26H21F2N3O/c1-17-8-13-21(15-22(17)28)29-26(32)31-16-19-5-2-3-6-23(19)30-14-4-7-24(30)25(31)18-9-11-20(27)12-10-18/h2-15,25H,16H2,1H3,(H,29,32)/t25-/m0/s1. The first kappa shape index (κ1) is 20.0. The van der Waals surface area contributed by atoms with Gasteiger partial charge < -0.3 is 14.8 Å². The van der Waals surface area contributed by atoms with E-state index in [0.717, 1.165) is 22.5 Å². The van der Waals surface area contributed by atoms with Gasteiger partial charge in [0.2, 0.25) is 0 Å². The number of aryl methyl sites for hydroxylation is 1. The highest BCUT2D eigenvalue weighted by Gasteiger charge is 2.33. The number of halogens is 2. The lowest BCUT2D eigenvalue weighted by molar-refractivity contribution is 0.194. The predicted molar refractivity (Wildman–Crippen MR) is 120 cm³/mol. The smallest absolute Gasteiger partial charge is 0.318 e. The molecule has 1 N–H and O–H groups in total. The molecular weight excluding hydrogens is 408 g/mol. The van der Waals surface area contributed by atoms with Crippen molar-refractivity contribution in [1.82, 2.24) is 9.47 Å². The molecule has 1 aromatic heterocycles. The summed E-state index contributed by atoms with van der Waals surface area (Å²) in [5.41, 5.74) is 4.50. The zero-order chi connectivity index (χ0) is 22.2. The molecule has 0 aliphatic carbocycles. The second kappa shape index (κ2) is 7.96. The summed E-state index contributed by atoms with van der Waals surface area (Å²) < 4.78 is 29.8. The summed E-state index contributed by atoms with van der Waals surface area (Å²) in [6.07, 6.45) is 1.96. The number of carbonyl (C=O) groups excluding carboxylic acids is 1. The van der Waals surface area contributed by atoms with E-state index in [9.17, 15) is 13.6 Å². The fraction of sp³-hybridized carbons (Fsp3) is 0.115. The van der Waals surface area contributed by atoms with Crippen LogP contribution in [-0.4, -0.2) is 15.5 Å². The topological polar surface area (TPSA) is 37.3 Å². The minimum Gasteiger partial charge on any atom is -0.318 e. The number of benzene rings is 3. The van der Waals surface area contributed by atoms with Gasteiger partial charge in [-0.05, 0) is 66.1 Å². The zero-order valence-corrected chi connectivity index (χ0v) is 17.4. The van der Waals surface area contributed by atoms with E-state index >= 15 is 0 Å². The fourth-order valence-electron chi connectivity index (χ4n) is 4.20. The number of fused-ring (bicyclic) bond motifs is 3. The number of urea groups is 1. The molecule has 0 radical (unpaired) electrons. The van der Waals surface area contributed by atoms with Crippen LogP contribution in [-0.2, 0) is 6.54 Å². The molecule has 4 nitrogen and oxygen atoms in total. The quantitative estimate of drug-likeness (QED) is 0.405. The lowest BCUT2D eigenvalue weighted by atomic mass is 10.0. The maximum absolute atomic E-state index is 14.1. The summed E-state index contributed by atoms with van der Waals surface area (Å²) in [6, 6.07) is 21.7. The van der Waals surface area contributed by atoms with Crippen LogP contribution in [0.25, 0.3) is 5.69 Å². The molecular formula is C26H21F2N3O. The zero-order valence-electron chi connectivity index (χ0n) is 17.4. The van der Waals surface area contributed by atoms with Gasteiger partial charge in [0.05, 0.1) is 18.3 Å². The number of nitrogens with zero attached hydrogens (tertiary/aromatic N) is 2. The average Bonchev–Trinajstić information content (AvgIpc) is 3.21. The second-order valence-corrected chi connectivity index (χ2v) is 7.91. The molecule has 0 saturated carbocycles. The number of anilines is 1. The fourth-order valence-corrected chi connectivity index (χ4v) is 4.20. The number of carbonyl (C=O) groups is 1. The monoisotopic (exact) mass is 429 g/mol. The average molecular weight is 429 g/mol. The first-order valence-corrected chi connectivity index (χ1v) is 10.4. The molecule has 32 heavy (non-hydrogen) atoms. The lowest BCUT2D eigenvalue weighted by Gasteiger charge is -2.31. The summed E-state index contributed by atoms with van der Waals surface area (Å²) in [5, 5.41) is 2.84. The predicted octanol–water partition coefficient (Wildman–Crippen LogP) is 6.20. The van der Waals surface area contributed by atoms with Crippen LogP contribution in [0.2, 0.25) is 0 Å². The van der Waals surface area contributed by atoms with Gasteiger partial charge in [-0.3, -0.25) is 0 Å². The Morgan fingerprint density at radius 2 is 1.75 bits per heavy atom. The Morgan fingerprint density at radius 3 is 2.53 bits per heavy atom. The highest BCUT2D eigenvalue weighted by atomic mass is 19.1. The van der Waals surface area contributed by atoms with Crippen molar-refractivity contribution in [1.29, 1.82) is 0 Å². The van der Waals surface area contributed by atoms with Gasteiger partial charge in [0.1, 0.15) is 11.6 Å². The number of aromatic nitrogens is 1. The van der Waals surface area contributed by atoms with E-state index in [1.807, 2.05) is 42.6 Å². The largest absolute Gasteiger partial charge is 0.322 e.